The predicted octanol–water partition coefficient (Wildman–Crippen LogP) is 4.77. The minimum Gasteiger partial charge on any atom is -0.291 e. The van der Waals surface area contributed by atoms with E-state index in [2.05, 4.69) is 9.97 Å². The highest BCUT2D eigenvalue weighted by molar-refractivity contribution is 7.89. The molecule has 1 atom stereocenters. The molecule has 186 valence electrons. The van der Waals surface area contributed by atoms with Gasteiger partial charge in [-0.15, -0.1) is 0 Å². The number of hydrogen-bond donors (Lipinski definition) is 1. The number of pyridine rings is 2. The highest BCUT2D eigenvalue weighted by atomic mass is 32.2. The summed E-state index contributed by atoms with van der Waals surface area (Å²) in [6, 6.07) is 6.61. The summed E-state index contributed by atoms with van der Waals surface area (Å²) in [5.41, 5.74) is 0.610. The van der Waals surface area contributed by atoms with E-state index < -0.39 is 38.8 Å². The summed E-state index contributed by atoms with van der Waals surface area (Å²) in [5, 5.41) is 10.1. The first-order valence-corrected chi connectivity index (χ1v) is 11.7. The minimum atomic E-state index is -4.80. The van der Waals surface area contributed by atoms with Crippen LogP contribution in [0.15, 0.2) is 53.7 Å². The normalized spacial score (nSPS) is 13.1. The Hall–Kier alpha value is -3.89. The number of nitriles is 1. The number of nitrogens with one attached hydrogen (secondary N) is 1. The molecule has 0 saturated carbocycles. The van der Waals surface area contributed by atoms with Crippen molar-refractivity contribution in [1.82, 2.24) is 19.3 Å². The minimum absolute atomic E-state index is 0.0229. The van der Waals surface area contributed by atoms with Crippen LogP contribution in [0, 0.1) is 29.9 Å². The van der Waals surface area contributed by atoms with Crippen molar-refractivity contribution < 1.29 is 30.4 Å². The average Bonchev–Trinajstić information content (AvgIpc) is 3.11. The number of halogens is 5. The van der Waals surface area contributed by atoms with Gasteiger partial charge in [-0.2, -0.15) is 23.2 Å². The molecule has 1 aromatic carbocycles. The molecule has 0 spiro atoms. The Labute approximate surface area is 201 Å². The van der Waals surface area contributed by atoms with Crippen molar-refractivity contribution in [2.75, 3.05) is 0 Å². The molecule has 0 aliphatic carbocycles. The Kier molecular flexibility index (Phi) is 6.27. The van der Waals surface area contributed by atoms with Crippen LogP contribution in [0.2, 0.25) is 0 Å². The second kappa shape index (κ2) is 8.96. The molecule has 0 saturated heterocycles. The molecule has 0 fully saturated rings. The van der Waals surface area contributed by atoms with Crippen LogP contribution in [0.1, 0.15) is 18.1 Å². The van der Waals surface area contributed by atoms with Crippen molar-refractivity contribution in [2.45, 2.75) is 31.0 Å². The molecule has 0 radical (unpaired) electrons. The fraction of sp³-hybridized carbons (Fsp3) is 0.174. The third kappa shape index (κ3) is 4.52. The van der Waals surface area contributed by atoms with Crippen LogP contribution >= 0.6 is 0 Å². The van der Waals surface area contributed by atoms with Crippen LogP contribution in [0.4, 0.5) is 22.0 Å². The Bertz CT molecular complexity index is 1620. The van der Waals surface area contributed by atoms with Crippen molar-refractivity contribution >= 4 is 20.9 Å². The summed E-state index contributed by atoms with van der Waals surface area (Å²) in [6.45, 7) is 2.16. The van der Waals surface area contributed by atoms with Gasteiger partial charge in [-0.25, -0.2) is 22.2 Å². The number of fused-ring (bicyclic) bond motifs is 1. The number of sulfonamides is 1. The van der Waals surface area contributed by atoms with Crippen LogP contribution in [0.25, 0.3) is 28.1 Å². The van der Waals surface area contributed by atoms with Crippen LogP contribution in [-0.4, -0.2) is 35.2 Å². The molecule has 36 heavy (non-hydrogen) atoms. The zero-order valence-corrected chi connectivity index (χ0v) is 19.4. The first kappa shape index (κ1) is 25.2. The number of alkyl halides is 3. The topological polar surface area (TPSA) is 101 Å². The fourth-order valence-electron chi connectivity index (χ4n) is 3.57. The quantitative estimate of drug-likeness (QED) is 0.381. The summed E-state index contributed by atoms with van der Waals surface area (Å²) < 4.78 is 94.6. The van der Waals surface area contributed by atoms with Crippen LogP contribution in [0.5, 0.6) is 0 Å². The SMILES string of the molecule is Cc1cc2c(cc1F)c(C#N)c(-c1ccc(S(=O)(=O)N[C@@H](C)C(F)(F)F)cn1)n2-c1cc(F)ccn1. The maximum Gasteiger partial charge on any atom is 0.404 e. The second-order valence-corrected chi connectivity index (χ2v) is 9.60. The number of aromatic nitrogens is 3. The summed E-state index contributed by atoms with van der Waals surface area (Å²) in [7, 11) is -4.58. The van der Waals surface area contributed by atoms with E-state index in [1.54, 1.807) is 0 Å². The van der Waals surface area contributed by atoms with Gasteiger partial charge in [0.25, 0.3) is 0 Å². The smallest absolute Gasteiger partial charge is 0.291 e. The van der Waals surface area contributed by atoms with Crippen molar-refractivity contribution in [3.8, 4) is 23.3 Å². The van der Waals surface area contributed by atoms with Gasteiger partial charge in [0.1, 0.15) is 34.5 Å². The molecule has 0 bridgehead atoms. The lowest BCUT2D eigenvalue weighted by Gasteiger charge is -2.17. The Balaban J connectivity index is 1.92. The molecule has 0 unspecified atom stereocenters. The van der Waals surface area contributed by atoms with Crippen LogP contribution in [-0.2, 0) is 10.0 Å². The maximum atomic E-state index is 14.4. The third-order valence-electron chi connectivity index (χ3n) is 5.41. The average molecular weight is 521 g/mol. The molecule has 7 nitrogen and oxygen atoms in total. The molecule has 0 amide bonds. The molecule has 3 aromatic heterocycles. The van der Waals surface area contributed by atoms with Crippen molar-refractivity contribution in [3.05, 3.63) is 71.6 Å². The van der Waals surface area contributed by atoms with E-state index in [4.69, 9.17) is 0 Å². The third-order valence-corrected chi connectivity index (χ3v) is 6.93. The van der Waals surface area contributed by atoms with Gasteiger partial charge < -0.3 is 0 Å². The highest BCUT2D eigenvalue weighted by Gasteiger charge is 2.39. The van der Waals surface area contributed by atoms with Crippen LogP contribution < -0.4 is 4.72 Å². The van der Waals surface area contributed by atoms with E-state index in [0.717, 1.165) is 30.5 Å². The Morgan fingerprint density at radius 3 is 2.42 bits per heavy atom. The summed E-state index contributed by atoms with van der Waals surface area (Å²) in [6.07, 6.45) is -2.78. The van der Waals surface area contributed by atoms with E-state index in [1.807, 2.05) is 6.07 Å². The molecule has 3 heterocycles. The zero-order valence-electron chi connectivity index (χ0n) is 18.6. The molecular formula is C23H16F5N5O2S. The van der Waals surface area contributed by atoms with E-state index in [1.165, 1.54) is 34.5 Å². The molecule has 13 heteroatoms. The van der Waals surface area contributed by atoms with Gasteiger partial charge in [0, 0.05) is 23.8 Å². The fourth-order valence-corrected chi connectivity index (χ4v) is 4.74. The molecule has 0 aliphatic rings. The Morgan fingerprint density at radius 2 is 1.83 bits per heavy atom. The van der Waals surface area contributed by atoms with E-state index >= 15 is 0 Å². The zero-order chi connectivity index (χ0) is 26.4. The van der Waals surface area contributed by atoms with Gasteiger partial charge in [0.15, 0.2) is 0 Å². The summed E-state index contributed by atoms with van der Waals surface area (Å²) >= 11 is 0. The maximum absolute atomic E-state index is 14.4. The number of hydrogen-bond acceptors (Lipinski definition) is 5. The van der Waals surface area contributed by atoms with Gasteiger partial charge in [0.05, 0.1) is 22.5 Å². The molecular weight excluding hydrogens is 505 g/mol. The predicted molar refractivity (Wildman–Crippen MR) is 120 cm³/mol. The van der Waals surface area contributed by atoms with Crippen LogP contribution in [0.3, 0.4) is 0 Å². The summed E-state index contributed by atoms with van der Waals surface area (Å²) in [5.74, 6) is -1.18. The van der Waals surface area contributed by atoms with Crippen molar-refractivity contribution in [2.24, 2.45) is 0 Å². The standard InChI is InChI=1S/C23H16F5N5O2S/c1-12-7-20-16(9-18(12)25)17(10-29)22(33(20)21-8-14(24)5-6-30-21)19-4-3-15(11-31-19)36(34,35)32-13(2)23(26,27)28/h3-9,11,13,32H,1-2H3/t13-/m0/s1. The molecule has 0 aliphatic heterocycles. The van der Waals surface area contributed by atoms with E-state index in [0.29, 0.717) is 12.4 Å². The first-order chi connectivity index (χ1) is 16.8. The van der Waals surface area contributed by atoms with Gasteiger partial charge in [0.2, 0.25) is 10.0 Å². The number of rotatable bonds is 5. The van der Waals surface area contributed by atoms with E-state index in [-0.39, 0.29) is 33.7 Å². The summed E-state index contributed by atoms with van der Waals surface area (Å²) in [4.78, 5) is 7.65. The molecule has 1 N–H and O–H groups in total. The first-order valence-electron chi connectivity index (χ1n) is 10.3. The number of nitrogens with zero attached hydrogens (tertiary/aromatic N) is 4. The lowest BCUT2D eigenvalue weighted by atomic mass is 10.1. The van der Waals surface area contributed by atoms with Crippen molar-refractivity contribution in [3.63, 3.8) is 0 Å². The van der Waals surface area contributed by atoms with E-state index in [9.17, 15) is 35.6 Å². The van der Waals surface area contributed by atoms with Crippen molar-refractivity contribution in [1.29, 1.82) is 5.26 Å². The number of aryl methyl sites for hydroxylation is 1. The van der Waals surface area contributed by atoms with Gasteiger partial charge in [-0.3, -0.25) is 9.55 Å². The highest BCUT2D eigenvalue weighted by Crippen LogP contribution is 2.36. The second-order valence-electron chi connectivity index (χ2n) is 7.89. The molecule has 4 aromatic rings. The molecule has 4 rings (SSSR count). The van der Waals surface area contributed by atoms with Gasteiger partial charge in [-0.05, 0) is 49.7 Å². The lowest BCUT2D eigenvalue weighted by Crippen LogP contribution is -2.42. The largest absolute Gasteiger partial charge is 0.404 e. The van der Waals surface area contributed by atoms with Gasteiger partial charge >= 0.3 is 6.18 Å². The van der Waals surface area contributed by atoms with Gasteiger partial charge in [-0.1, -0.05) is 0 Å². The lowest BCUT2D eigenvalue weighted by molar-refractivity contribution is -0.147. The Morgan fingerprint density at radius 1 is 1.11 bits per heavy atom. The number of benzene rings is 1. The monoisotopic (exact) mass is 521 g/mol.